The molecule has 0 radical (unpaired) electrons. The van der Waals surface area contributed by atoms with Crippen molar-refractivity contribution >= 4 is 32.8 Å². The highest BCUT2D eigenvalue weighted by Gasteiger charge is 2.46. The molecule has 0 bridgehead atoms. The Labute approximate surface area is 279 Å². The summed E-state index contributed by atoms with van der Waals surface area (Å²) in [7, 11) is 0. The van der Waals surface area contributed by atoms with Crippen LogP contribution in [0.1, 0.15) is 30.0 Å². The highest BCUT2D eigenvalue weighted by Crippen LogP contribution is 2.56. The zero-order valence-electron chi connectivity index (χ0n) is 26.7. The molecule has 2 atom stereocenters. The van der Waals surface area contributed by atoms with Crippen LogP contribution in [0, 0.1) is 5.92 Å². The van der Waals surface area contributed by atoms with Gasteiger partial charge in [-0.2, -0.15) is 0 Å². The van der Waals surface area contributed by atoms with E-state index < -0.39 is 5.41 Å². The van der Waals surface area contributed by atoms with E-state index in [4.69, 9.17) is 4.98 Å². The summed E-state index contributed by atoms with van der Waals surface area (Å²) in [6.45, 7) is 2.30. The van der Waals surface area contributed by atoms with E-state index in [9.17, 15) is 0 Å². The molecule has 0 saturated carbocycles. The van der Waals surface area contributed by atoms with Gasteiger partial charge in [0.15, 0.2) is 0 Å². The Bertz CT molecular complexity index is 2600. The first kappa shape index (κ1) is 27.2. The van der Waals surface area contributed by atoms with Gasteiger partial charge in [0.1, 0.15) is 5.82 Å². The lowest BCUT2D eigenvalue weighted by Crippen LogP contribution is -2.36. The zero-order valence-corrected chi connectivity index (χ0v) is 26.7. The molecule has 3 heteroatoms. The number of aromatic nitrogens is 3. The van der Waals surface area contributed by atoms with Gasteiger partial charge < -0.3 is 4.57 Å². The van der Waals surface area contributed by atoms with Gasteiger partial charge in [-0.3, -0.25) is 4.57 Å². The van der Waals surface area contributed by atoms with Crippen molar-refractivity contribution in [3.05, 3.63) is 186 Å². The normalized spacial score (nSPS) is 18.4. The van der Waals surface area contributed by atoms with Crippen LogP contribution in [0.4, 0.5) is 0 Å². The molecule has 0 amide bonds. The van der Waals surface area contributed by atoms with Crippen molar-refractivity contribution in [1.29, 1.82) is 0 Å². The molecule has 2 aromatic heterocycles. The molecule has 6 aromatic carbocycles. The standard InChI is InChI=1S/C45H33N3/c1-30-23-26-33(27-24-30)45(32-13-4-2-5-14-32)37-19-12-18-36-35-17-8-10-21-40(35)48(43(36)37)41-28-25-31(29-38(41)45)44-46-39-20-9-11-22-42(39)47(44)34-15-6-3-7-16-34/h2-23,25-30H,24H2,1H3. The van der Waals surface area contributed by atoms with E-state index in [2.05, 4.69) is 180 Å². The monoisotopic (exact) mass is 615 g/mol. The van der Waals surface area contributed by atoms with Crippen LogP contribution in [0.3, 0.4) is 0 Å². The Morgan fingerprint density at radius 1 is 0.646 bits per heavy atom. The summed E-state index contributed by atoms with van der Waals surface area (Å²) in [5.74, 6) is 1.44. The van der Waals surface area contributed by atoms with Gasteiger partial charge in [0.25, 0.3) is 0 Å². The van der Waals surface area contributed by atoms with Crippen LogP contribution < -0.4 is 0 Å². The topological polar surface area (TPSA) is 22.8 Å². The van der Waals surface area contributed by atoms with Gasteiger partial charge in [0.2, 0.25) is 0 Å². The highest BCUT2D eigenvalue weighted by molar-refractivity contribution is 6.12. The van der Waals surface area contributed by atoms with Crippen molar-refractivity contribution in [3.8, 4) is 22.8 Å². The maximum Gasteiger partial charge on any atom is 0.145 e. The molecule has 0 N–H and O–H groups in total. The summed E-state index contributed by atoms with van der Waals surface area (Å²) in [5.41, 5.74) is 12.7. The Morgan fingerprint density at radius 3 is 2.19 bits per heavy atom. The summed E-state index contributed by atoms with van der Waals surface area (Å²) in [5, 5.41) is 2.57. The molecule has 1 aliphatic heterocycles. The molecule has 228 valence electrons. The van der Waals surface area contributed by atoms with Crippen LogP contribution in [0.25, 0.3) is 55.6 Å². The van der Waals surface area contributed by atoms with Crippen molar-refractivity contribution in [2.75, 3.05) is 0 Å². The molecule has 10 rings (SSSR count). The number of rotatable bonds is 4. The minimum Gasteiger partial charge on any atom is -0.309 e. The molecule has 2 unspecified atom stereocenters. The van der Waals surface area contributed by atoms with Crippen molar-refractivity contribution in [1.82, 2.24) is 14.1 Å². The van der Waals surface area contributed by atoms with Gasteiger partial charge in [0.05, 0.1) is 33.2 Å². The summed E-state index contributed by atoms with van der Waals surface area (Å²) >= 11 is 0. The Hall–Kier alpha value is -5.93. The average Bonchev–Trinajstić information content (AvgIpc) is 3.71. The number of benzene rings is 6. The Balaban J connectivity index is 1.37. The van der Waals surface area contributed by atoms with E-state index in [1.807, 2.05) is 0 Å². The zero-order chi connectivity index (χ0) is 31.8. The second-order valence-electron chi connectivity index (χ2n) is 13.2. The quantitative estimate of drug-likeness (QED) is 0.193. The Morgan fingerprint density at radius 2 is 1.38 bits per heavy atom. The van der Waals surface area contributed by atoms with E-state index in [1.165, 1.54) is 49.8 Å². The molecule has 1 aliphatic carbocycles. The maximum absolute atomic E-state index is 5.30. The van der Waals surface area contributed by atoms with Gasteiger partial charge in [0, 0.05) is 22.0 Å². The molecular formula is C45H33N3. The molecule has 0 fully saturated rings. The van der Waals surface area contributed by atoms with Crippen LogP contribution >= 0.6 is 0 Å². The van der Waals surface area contributed by atoms with E-state index in [1.54, 1.807) is 0 Å². The van der Waals surface area contributed by atoms with Crippen LogP contribution in [0.2, 0.25) is 0 Å². The largest absolute Gasteiger partial charge is 0.309 e. The fourth-order valence-corrected chi connectivity index (χ4v) is 8.43. The number of hydrogen-bond donors (Lipinski definition) is 0. The molecule has 48 heavy (non-hydrogen) atoms. The molecule has 8 aromatic rings. The van der Waals surface area contributed by atoms with Crippen molar-refractivity contribution in [3.63, 3.8) is 0 Å². The van der Waals surface area contributed by atoms with Gasteiger partial charge in [-0.25, -0.2) is 4.98 Å². The van der Waals surface area contributed by atoms with Crippen LogP contribution in [-0.2, 0) is 5.41 Å². The predicted octanol–water partition coefficient (Wildman–Crippen LogP) is 11.0. The third kappa shape index (κ3) is 3.67. The molecule has 3 heterocycles. The number of imidazole rings is 1. The lowest BCUT2D eigenvalue weighted by Gasteiger charge is -2.43. The van der Waals surface area contributed by atoms with Crippen LogP contribution in [0.5, 0.6) is 0 Å². The average molecular weight is 616 g/mol. The van der Waals surface area contributed by atoms with E-state index >= 15 is 0 Å². The van der Waals surface area contributed by atoms with Crippen LogP contribution in [-0.4, -0.2) is 14.1 Å². The molecular weight excluding hydrogens is 583 g/mol. The summed E-state index contributed by atoms with van der Waals surface area (Å²) in [6.07, 6.45) is 8.29. The molecule has 0 spiro atoms. The maximum atomic E-state index is 5.30. The summed E-state index contributed by atoms with van der Waals surface area (Å²) in [4.78, 5) is 5.30. The molecule has 3 nitrogen and oxygen atoms in total. The lowest BCUT2D eigenvalue weighted by molar-refractivity contribution is 0.676. The number of nitrogens with zero attached hydrogens (tertiary/aromatic N) is 3. The lowest BCUT2D eigenvalue weighted by atomic mass is 9.61. The van der Waals surface area contributed by atoms with Crippen molar-refractivity contribution in [2.45, 2.75) is 18.8 Å². The second-order valence-corrected chi connectivity index (χ2v) is 13.2. The van der Waals surface area contributed by atoms with Gasteiger partial charge in [-0.15, -0.1) is 0 Å². The van der Waals surface area contributed by atoms with Crippen LogP contribution in [0.15, 0.2) is 169 Å². The number of hydrogen-bond acceptors (Lipinski definition) is 1. The van der Waals surface area contributed by atoms with Gasteiger partial charge in [-0.05, 0) is 83.1 Å². The van der Waals surface area contributed by atoms with E-state index in [0.717, 1.165) is 34.5 Å². The first-order valence-electron chi connectivity index (χ1n) is 16.9. The fraction of sp³-hybridized carbons (Fsp3) is 0.0889. The summed E-state index contributed by atoms with van der Waals surface area (Å²) < 4.78 is 4.82. The number of fused-ring (bicyclic) bond motifs is 6. The number of para-hydroxylation sites is 5. The van der Waals surface area contributed by atoms with Crippen molar-refractivity contribution < 1.29 is 0 Å². The predicted molar refractivity (Wildman–Crippen MR) is 198 cm³/mol. The van der Waals surface area contributed by atoms with Gasteiger partial charge >= 0.3 is 0 Å². The minimum absolute atomic E-state index is 0.504. The van der Waals surface area contributed by atoms with Gasteiger partial charge in [-0.1, -0.05) is 122 Å². The smallest absolute Gasteiger partial charge is 0.145 e. The van der Waals surface area contributed by atoms with E-state index in [-0.39, 0.29) is 0 Å². The van der Waals surface area contributed by atoms with Crippen molar-refractivity contribution in [2.24, 2.45) is 5.92 Å². The third-order valence-corrected chi connectivity index (χ3v) is 10.5. The fourth-order valence-electron chi connectivity index (χ4n) is 8.43. The first-order valence-corrected chi connectivity index (χ1v) is 16.9. The molecule has 2 aliphatic rings. The number of allylic oxidation sites excluding steroid dienone is 4. The first-order chi connectivity index (χ1) is 23.7. The highest BCUT2D eigenvalue weighted by atomic mass is 15.1. The molecule has 0 saturated heterocycles. The Kier molecular flexibility index (Phi) is 5.83. The third-order valence-electron chi connectivity index (χ3n) is 10.5. The SMILES string of the molecule is CC1C=CC(C2(c3ccccc3)c3cc(-c4nc5ccccc5n4-c4ccccc4)ccc3-n3c4ccccc4c4cccc2c43)=CC1. The minimum atomic E-state index is -0.531. The second kappa shape index (κ2) is 10.3. The van der Waals surface area contributed by atoms with E-state index in [0.29, 0.717) is 5.92 Å². The summed E-state index contributed by atoms with van der Waals surface area (Å²) in [6, 6.07) is 53.0.